The molecule has 0 unspecified atom stereocenters. The number of nitrogens with one attached hydrogen (secondary N) is 2. The summed E-state index contributed by atoms with van der Waals surface area (Å²) in [5, 5.41) is 5.34. The van der Waals surface area contributed by atoms with Gasteiger partial charge in [0.25, 0.3) is 10.0 Å². The first-order valence-electron chi connectivity index (χ1n) is 11.0. The number of methoxy groups -OCH3 is 1. The molecule has 170 valence electrons. The number of benzene rings is 4. The van der Waals surface area contributed by atoms with E-state index in [1.165, 1.54) is 5.56 Å². The van der Waals surface area contributed by atoms with Crippen LogP contribution >= 0.6 is 0 Å². The summed E-state index contributed by atoms with van der Waals surface area (Å²) >= 11 is 0. The Morgan fingerprint density at radius 2 is 1.58 bits per heavy atom. The van der Waals surface area contributed by atoms with Crippen molar-refractivity contribution < 1.29 is 13.2 Å². The topological polar surface area (TPSA) is 67.4 Å². The molecular weight excluding hydrogens is 432 g/mol. The quantitative estimate of drug-likeness (QED) is 0.312. The maximum absolute atomic E-state index is 12.9. The van der Waals surface area contributed by atoms with Gasteiger partial charge in [0, 0.05) is 12.2 Å². The molecule has 5 nitrogen and oxygen atoms in total. The lowest BCUT2D eigenvalue weighted by molar-refractivity contribution is 0.414. The van der Waals surface area contributed by atoms with Gasteiger partial charge in [-0.3, -0.25) is 4.72 Å². The van der Waals surface area contributed by atoms with Crippen molar-refractivity contribution in [2.45, 2.75) is 24.3 Å². The molecule has 4 aromatic carbocycles. The van der Waals surface area contributed by atoms with Gasteiger partial charge in [-0.15, -0.1) is 0 Å². The molecule has 0 radical (unpaired) electrons. The average Bonchev–Trinajstić information content (AvgIpc) is 2.84. The number of hydrogen-bond donors (Lipinski definition) is 2. The summed E-state index contributed by atoms with van der Waals surface area (Å²) in [4.78, 5) is 0.253. The fourth-order valence-corrected chi connectivity index (χ4v) is 4.82. The van der Waals surface area contributed by atoms with Crippen LogP contribution in [0, 0.1) is 0 Å². The summed E-state index contributed by atoms with van der Waals surface area (Å²) in [6.45, 7) is 1.55. The molecule has 0 fully saturated rings. The zero-order valence-electron chi connectivity index (χ0n) is 18.6. The molecule has 0 heterocycles. The lowest BCUT2D eigenvalue weighted by Crippen LogP contribution is -2.16. The Kier molecular flexibility index (Phi) is 7.27. The lowest BCUT2D eigenvalue weighted by atomic mass is 10.1. The molecule has 0 aromatic heterocycles. The Morgan fingerprint density at radius 3 is 2.36 bits per heavy atom. The predicted molar refractivity (Wildman–Crippen MR) is 134 cm³/mol. The predicted octanol–water partition coefficient (Wildman–Crippen LogP) is 5.37. The van der Waals surface area contributed by atoms with E-state index in [-0.39, 0.29) is 4.90 Å². The molecule has 0 aliphatic carbocycles. The van der Waals surface area contributed by atoms with Crippen LogP contribution in [0.5, 0.6) is 5.75 Å². The molecule has 0 bridgehead atoms. The molecule has 0 saturated heterocycles. The molecule has 0 atom stereocenters. The van der Waals surface area contributed by atoms with Gasteiger partial charge in [0.1, 0.15) is 5.75 Å². The number of sulfonamides is 1. The van der Waals surface area contributed by atoms with Crippen molar-refractivity contribution in [2.75, 3.05) is 18.4 Å². The van der Waals surface area contributed by atoms with Gasteiger partial charge in [-0.05, 0) is 77.7 Å². The van der Waals surface area contributed by atoms with Crippen LogP contribution in [-0.2, 0) is 23.0 Å². The van der Waals surface area contributed by atoms with Crippen molar-refractivity contribution in [1.29, 1.82) is 0 Å². The second-order valence-electron chi connectivity index (χ2n) is 7.94. The van der Waals surface area contributed by atoms with Crippen molar-refractivity contribution in [2.24, 2.45) is 0 Å². The Hall–Kier alpha value is -3.35. The minimum atomic E-state index is -3.67. The molecule has 33 heavy (non-hydrogen) atoms. The third-order valence-corrected chi connectivity index (χ3v) is 6.90. The second kappa shape index (κ2) is 10.5. The van der Waals surface area contributed by atoms with Gasteiger partial charge >= 0.3 is 0 Å². The van der Waals surface area contributed by atoms with Gasteiger partial charge in [-0.2, -0.15) is 0 Å². The molecule has 0 aliphatic heterocycles. The van der Waals surface area contributed by atoms with Crippen molar-refractivity contribution in [3.8, 4) is 5.75 Å². The van der Waals surface area contributed by atoms with Crippen LogP contribution in [-0.4, -0.2) is 22.1 Å². The molecule has 0 spiro atoms. The first-order valence-corrected chi connectivity index (χ1v) is 12.5. The van der Waals surface area contributed by atoms with E-state index < -0.39 is 10.0 Å². The largest absolute Gasteiger partial charge is 0.497 e. The Labute approximate surface area is 195 Å². The summed E-state index contributed by atoms with van der Waals surface area (Å²) in [5.41, 5.74) is 2.86. The van der Waals surface area contributed by atoms with E-state index in [1.54, 1.807) is 25.3 Å². The average molecular weight is 461 g/mol. The number of ether oxygens (including phenoxy) is 1. The maximum Gasteiger partial charge on any atom is 0.261 e. The van der Waals surface area contributed by atoms with Crippen LogP contribution < -0.4 is 14.8 Å². The number of rotatable bonds is 10. The van der Waals surface area contributed by atoms with Crippen LogP contribution in [0.4, 0.5) is 5.69 Å². The van der Waals surface area contributed by atoms with Gasteiger partial charge in [-0.25, -0.2) is 8.42 Å². The molecule has 0 aliphatic rings. The summed E-state index contributed by atoms with van der Waals surface area (Å²) < 4.78 is 33.7. The summed E-state index contributed by atoms with van der Waals surface area (Å²) in [6.07, 6.45) is 2.00. The highest BCUT2D eigenvalue weighted by Crippen LogP contribution is 2.22. The fraction of sp³-hybridized carbons (Fsp3) is 0.185. The van der Waals surface area contributed by atoms with E-state index in [0.29, 0.717) is 12.2 Å². The number of hydrogen-bond acceptors (Lipinski definition) is 4. The minimum Gasteiger partial charge on any atom is -0.497 e. The Balaban J connectivity index is 1.31. The van der Waals surface area contributed by atoms with Crippen molar-refractivity contribution in [3.05, 3.63) is 102 Å². The molecule has 6 heteroatoms. The van der Waals surface area contributed by atoms with Gasteiger partial charge in [0.15, 0.2) is 0 Å². The normalized spacial score (nSPS) is 11.4. The minimum absolute atomic E-state index is 0.253. The Bertz CT molecular complexity index is 1320. The van der Waals surface area contributed by atoms with Crippen LogP contribution in [0.15, 0.2) is 95.9 Å². The van der Waals surface area contributed by atoms with Crippen LogP contribution in [0.3, 0.4) is 0 Å². The maximum atomic E-state index is 12.9. The highest BCUT2D eigenvalue weighted by atomic mass is 32.2. The highest BCUT2D eigenvalue weighted by molar-refractivity contribution is 7.92. The molecule has 4 aromatic rings. The standard InChI is InChI=1S/C27H28N2O3S/c1-32-26-14-11-21(12-15-26)7-5-17-28-20-22-6-4-10-25(18-22)29-33(30,31)27-16-13-23-8-2-3-9-24(23)19-27/h2-4,6,8-16,18-19,28-29H,5,7,17,20H2,1H3. The molecule has 4 rings (SSSR count). The van der Waals surface area contributed by atoms with Crippen LogP contribution in [0.1, 0.15) is 17.5 Å². The van der Waals surface area contributed by atoms with Crippen LogP contribution in [0.2, 0.25) is 0 Å². The number of fused-ring (bicyclic) bond motifs is 1. The van der Waals surface area contributed by atoms with E-state index >= 15 is 0 Å². The fourth-order valence-electron chi connectivity index (χ4n) is 3.74. The van der Waals surface area contributed by atoms with Gasteiger partial charge in [0.2, 0.25) is 0 Å². The smallest absolute Gasteiger partial charge is 0.261 e. The monoisotopic (exact) mass is 460 g/mol. The van der Waals surface area contributed by atoms with Gasteiger partial charge < -0.3 is 10.1 Å². The lowest BCUT2D eigenvalue weighted by Gasteiger charge is -2.11. The molecule has 0 saturated carbocycles. The summed E-state index contributed by atoms with van der Waals surface area (Å²) in [5.74, 6) is 0.869. The zero-order valence-corrected chi connectivity index (χ0v) is 19.4. The van der Waals surface area contributed by atoms with Gasteiger partial charge in [-0.1, -0.05) is 54.6 Å². The van der Waals surface area contributed by atoms with E-state index in [9.17, 15) is 8.42 Å². The second-order valence-corrected chi connectivity index (χ2v) is 9.63. The SMILES string of the molecule is COc1ccc(CCCNCc2cccc(NS(=O)(=O)c3ccc4ccccc4c3)c2)cc1. The van der Waals surface area contributed by atoms with E-state index in [2.05, 4.69) is 22.2 Å². The highest BCUT2D eigenvalue weighted by Gasteiger charge is 2.15. The van der Waals surface area contributed by atoms with Crippen molar-refractivity contribution in [1.82, 2.24) is 5.32 Å². The van der Waals surface area contributed by atoms with Gasteiger partial charge in [0.05, 0.1) is 12.0 Å². The molecular formula is C27H28N2O3S. The van der Waals surface area contributed by atoms with E-state index in [1.807, 2.05) is 60.7 Å². The zero-order chi connectivity index (χ0) is 23.1. The third-order valence-electron chi connectivity index (χ3n) is 5.52. The number of anilines is 1. The summed E-state index contributed by atoms with van der Waals surface area (Å²) in [7, 11) is -2.00. The molecule has 2 N–H and O–H groups in total. The van der Waals surface area contributed by atoms with E-state index in [4.69, 9.17) is 4.74 Å². The Morgan fingerprint density at radius 1 is 0.788 bits per heavy atom. The summed E-state index contributed by atoms with van der Waals surface area (Å²) in [6, 6.07) is 28.5. The van der Waals surface area contributed by atoms with Crippen molar-refractivity contribution >= 4 is 26.5 Å². The number of aryl methyl sites for hydroxylation is 1. The first kappa shape index (κ1) is 22.8. The van der Waals surface area contributed by atoms with Crippen molar-refractivity contribution in [3.63, 3.8) is 0 Å². The van der Waals surface area contributed by atoms with E-state index in [0.717, 1.165) is 41.5 Å². The van der Waals surface area contributed by atoms with Crippen LogP contribution in [0.25, 0.3) is 10.8 Å². The third kappa shape index (κ3) is 6.12. The molecule has 0 amide bonds. The first-order chi connectivity index (χ1) is 16.0.